The van der Waals surface area contributed by atoms with Crippen LogP contribution in [0.2, 0.25) is 0 Å². The van der Waals surface area contributed by atoms with Crippen LogP contribution < -0.4 is 11.1 Å². The number of rotatable bonds is 4. The molecule has 1 heterocycles. The van der Waals surface area contributed by atoms with Gasteiger partial charge in [-0.2, -0.15) is 0 Å². The molecule has 0 spiro atoms. The second-order valence-electron chi connectivity index (χ2n) is 4.84. The number of thiophene rings is 1. The normalized spacial score (nSPS) is 30.9. The van der Waals surface area contributed by atoms with Gasteiger partial charge in [-0.1, -0.05) is 19.4 Å². The molecule has 2 rings (SSSR count). The second-order valence-corrected chi connectivity index (χ2v) is 5.87. The van der Waals surface area contributed by atoms with Crippen LogP contribution in [0.4, 0.5) is 0 Å². The monoisotopic (exact) mass is 224 g/mol. The molecule has 0 amide bonds. The maximum atomic E-state index is 6.14. The second kappa shape index (κ2) is 4.64. The lowest BCUT2D eigenvalue weighted by Gasteiger charge is -2.29. The molecule has 0 radical (unpaired) electrons. The van der Waals surface area contributed by atoms with Crippen molar-refractivity contribution >= 4 is 11.3 Å². The van der Waals surface area contributed by atoms with E-state index < -0.39 is 0 Å². The lowest BCUT2D eigenvalue weighted by molar-refractivity contribution is 0.277. The van der Waals surface area contributed by atoms with E-state index in [1.165, 1.54) is 24.1 Å². The van der Waals surface area contributed by atoms with E-state index in [1.54, 1.807) is 0 Å². The number of nitrogens with two attached hydrogens (primary N) is 1. The van der Waals surface area contributed by atoms with Crippen molar-refractivity contribution in [2.24, 2.45) is 11.1 Å². The molecule has 0 aliphatic heterocycles. The average Bonchev–Trinajstić information content (AvgIpc) is 2.79. The summed E-state index contributed by atoms with van der Waals surface area (Å²) >= 11 is 1.81. The number of nitrogens with one attached hydrogen (secondary N) is 1. The topological polar surface area (TPSA) is 38.0 Å². The zero-order valence-corrected chi connectivity index (χ0v) is 10.1. The molecule has 1 saturated carbocycles. The fraction of sp³-hybridized carbons (Fsp3) is 0.667. The maximum absolute atomic E-state index is 6.14. The van der Waals surface area contributed by atoms with E-state index in [4.69, 9.17) is 5.73 Å². The Morgan fingerprint density at radius 2 is 2.53 bits per heavy atom. The lowest BCUT2D eigenvalue weighted by atomic mass is 9.85. The zero-order chi connectivity index (χ0) is 10.7. The Bertz CT molecular complexity index is 297. The molecule has 3 heteroatoms. The van der Waals surface area contributed by atoms with Gasteiger partial charge in [0.05, 0.1) is 0 Å². The van der Waals surface area contributed by atoms with Crippen LogP contribution in [0.1, 0.15) is 31.1 Å². The molecule has 2 atom stereocenters. The van der Waals surface area contributed by atoms with Gasteiger partial charge in [0.25, 0.3) is 0 Å². The molecule has 2 nitrogen and oxygen atoms in total. The van der Waals surface area contributed by atoms with Crippen molar-refractivity contribution in [1.29, 1.82) is 0 Å². The Morgan fingerprint density at radius 3 is 3.13 bits per heavy atom. The largest absolute Gasteiger partial charge is 0.327 e. The predicted molar refractivity (Wildman–Crippen MR) is 66.0 cm³/mol. The molecule has 1 aliphatic carbocycles. The Kier molecular flexibility index (Phi) is 3.44. The molecular formula is C12H20N2S. The molecular weight excluding hydrogens is 204 g/mol. The summed E-state index contributed by atoms with van der Waals surface area (Å²) in [5.41, 5.74) is 6.45. The highest BCUT2D eigenvalue weighted by atomic mass is 32.1. The summed E-state index contributed by atoms with van der Waals surface area (Å²) in [7, 11) is 0. The van der Waals surface area contributed by atoms with Gasteiger partial charge in [0, 0.05) is 24.0 Å². The third-order valence-electron chi connectivity index (χ3n) is 3.57. The fourth-order valence-electron chi connectivity index (χ4n) is 2.36. The van der Waals surface area contributed by atoms with Gasteiger partial charge in [-0.05, 0) is 29.7 Å². The first kappa shape index (κ1) is 11.1. The first-order valence-electron chi connectivity index (χ1n) is 5.69. The van der Waals surface area contributed by atoms with Crippen molar-refractivity contribution < 1.29 is 0 Å². The van der Waals surface area contributed by atoms with Crippen molar-refractivity contribution in [3.05, 3.63) is 22.4 Å². The quantitative estimate of drug-likeness (QED) is 0.824. The van der Waals surface area contributed by atoms with Crippen molar-refractivity contribution in [1.82, 2.24) is 5.32 Å². The number of hydrogen-bond donors (Lipinski definition) is 2. The molecule has 2 unspecified atom stereocenters. The minimum Gasteiger partial charge on any atom is -0.327 e. The van der Waals surface area contributed by atoms with E-state index in [-0.39, 0.29) is 0 Å². The van der Waals surface area contributed by atoms with E-state index in [1.807, 2.05) is 11.3 Å². The lowest BCUT2D eigenvalue weighted by Crippen LogP contribution is -2.42. The first-order valence-corrected chi connectivity index (χ1v) is 6.57. The summed E-state index contributed by atoms with van der Waals surface area (Å²) in [6, 6.07) is 4.66. The van der Waals surface area contributed by atoms with E-state index in [0.717, 1.165) is 13.1 Å². The highest BCUT2D eigenvalue weighted by Gasteiger charge is 2.35. The summed E-state index contributed by atoms with van der Waals surface area (Å²) in [6.07, 6.45) is 3.75. The average molecular weight is 224 g/mol. The fourth-order valence-corrected chi connectivity index (χ4v) is 3.04. The number of hydrogen-bond acceptors (Lipinski definition) is 3. The first-order chi connectivity index (χ1) is 7.21. The van der Waals surface area contributed by atoms with Crippen LogP contribution in [0.5, 0.6) is 0 Å². The molecule has 15 heavy (non-hydrogen) atoms. The van der Waals surface area contributed by atoms with Crippen LogP contribution in [-0.2, 0) is 6.54 Å². The Morgan fingerprint density at radius 1 is 1.67 bits per heavy atom. The highest BCUT2D eigenvalue weighted by molar-refractivity contribution is 7.09. The van der Waals surface area contributed by atoms with Crippen molar-refractivity contribution in [3.8, 4) is 0 Å². The summed E-state index contributed by atoms with van der Waals surface area (Å²) in [6.45, 7) is 4.35. The molecule has 1 aromatic heterocycles. The van der Waals surface area contributed by atoms with Gasteiger partial charge in [0.15, 0.2) is 0 Å². The molecule has 84 valence electrons. The van der Waals surface area contributed by atoms with E-state index >= 15 is 0 Å². The molecule has 0 saturated heterocycles. The van der Waals surface area contributed by atoms with Gasteiger partial charge < -0.3 is 11.1 Å². The maximum Gasteiger partial charge on any atom is 0.0299 e. The van der Waals surface area contributed by atoms with Crippen LogP contribution in [0, 0.1) is 5.41 Å². The van der Waals surface area contributed by atoms with E-state index in [2.05, 4.69) is 29.8 Å². The smallest absolute Gasteiger partial charge is 0.0299 e. The Balaban J connectivity index is 1.78. The molecule has 1 aliphatic rings. The molecule has 0 aromatic carbocycles. The van der Waals surface area contributed by atoms with Gasteiger partial charge in [0.2, 0.25) is 0 Å². The summed E-state index contributed by atoms with van der Waals surface area (Å²) in [5, 5.41) is 5.66. The predicted octanol–water partition coefficient (Wildman–Crippen LogP) is 2.36. The Hall–Kier alpha value is -0.380. The summed E-state index contributed by atoms with van der Waals surface area (Å²) < 4.78 is 0. The van der Waals surface area contributed by atoms with Crippen LogP contribution in [0.15, 0.2) is 17.5 Å². The minimum atomic E-state index is 0.317. The third-order valence-corrected chi connectivity index (χ3v) is 4.44. The molecule has 0 bridgehead atoms. The SMILES string of the molecule is CC1(CNCc2cccs2)CCCC1N. The molecule has 1 fully saturated rings. The molecule has 3 N–H and O–H groups in total. The summed E-state index contributed by atoms with van der Waals surface area (Å²) in [5.74, 6) is 0. The standard InChI is InChI=1S/C12H20N2S/c1-12(6-2-5-11(12)13)9-14-8-10-4-3-7-15-10/h3-4,7,11,14H,2,5-6,8-9,13H2,1H3. The van der Waals surface area contributed by atoms with E-state index in [0.29, 0.717) is 11.5 Å². The van der Waals surface area contributed by atoms with E-state index in [9.17, 15) is 0 Å². The molecule has 1 aromatic rings. The van der Waals surface area contributed by atoms with Crippen LogP contribution >= 0.6 is 11.3 Å². The van der Waals surface area contributed by atoms with Gasteiger partial charge in [-0.15, -0.1) is 11.3 Å². The third kappa shape index (κ3) is 2.60. The van der Waals surface area contributed by atoms with Crippen LogP contribution in [0.25, 0.3) is 0 Å². The Labute approximate surface area is 95.9 Å². The zero-order valence-electron chi connectivity index (χ0n) is 9.33. The highest BCUT2D eigenvalue weighted by Crippen LogP contribution is 2.35. The van der Waals surface area contributed by atoms with Gasteiger partial charge in [-0.25, -0.2) is 0 Å². The van der Waals surface area contributed by atoms with Crippen molar-refractivity contribution in [2.75, 3.05) is 6.54 Å². The van der Waals surface area contributed by atoms with Gasteiger partial charge in [0.1, 0.15) is 0 Å². The van der Waals surface area contributed by atoms with Gasteiger partial charge >= 0.3 is 0 Å². The van der Waals surface area contributed by atoms with Crippen LogP contribution in [0.3, 0.4) is 0 Å². The van der Waals surface area contributed by atoms with Crippen molar-refractivity contribution in [3.63, 3.8) is 0 Å². The summed E-state index contributed by atoms with van der Waals surface area (Å²) in [4.78, 5) is 1.41. The van der Waals surface area contributed by atoms with Crippen LogP contribution in [-0.4, -0.2) is 12.6 Å². The van der Waals surface area contributed by atoms with Gasteiger partial charge in [-0.3, -0.25) is 0 Å². The minimum absolute atomic E-state index is 0.317. The van der Waals surface area contributed by atoms with Crippen molar-refractivity contribution in [2.45, 2.75) is 38.8 Å².